The van der Waals surface area contributed by atoms with Gasteiger partial charge in [-0.1, -0.05) is 30.7 Å². The molecule has 0 aliphatic carbocycles. The largest absolute Gasteiger partial charge is 0.482 e. The predicted octanol–water partition coefficient (Wildman–Crippen LogP) is 4.28. The van der Waals surface area contributed by atoms with Gasteiger partial charge in [-0.15, -0.1) is 6.42 Å². The van der Waals surface area contributed by atoms with E-state index in [4.69, 9.17) is 27.1 Å². The van der Waals surface area contributed by atoms with Gasteiger partial charge in [-0.2, -0.15) is 10.2 Å². The first-order valence-corrected chi connectivity index (χ1v) is 11.0. The van der Waals surface area contributed by atoms with Gasteiger partial charge in [0.1, 0.15) is 11.8 Å². The van der Waals surface area contributed by atoms with Gasteiger partial charge in [0.15, 0.2) is 11.6 Å². The predicted molar refractivity (Wildman–Crippen MR) is 129 cm³/mol. The molecule has 0 spiro atoms. The lowest BCUT2D eigenvalue weighted by atomic mass is 9.96. The van der Waals surface area contributed by atoms with E-state index in [0.29, 0.717) is 23.8 Å². The van der Waals surface area contributed by atoms with E-state index in [0.717, 1.165) is 51.2 Å². The highest BCUT2D eigenvalue weighted by atomic mass is 16.5. The number of nitrogen functional groups attached to an aromatic ring is 1. The number of aromatic nitrogens is 5. The summed E-state index contributed by atoms with van der Waals surface area (Å²) in [5, 5.41) is 9.60. The molecule has 1 atom stereocenters. The molecule has 0 radical (unpaired) electrons. The second-order valence-corrected chi connectivity index (χ2v) is 8.47. The Kier molecular flexibility index (Phi) is 4.94. The summed E-state index contributed by atoms with van der Waals surface area (Å²) in [6.07, 6.45) is 10.1. The molecule has 3 aromatic heterocycles. The van der Waals surface area contributed by atoms with Crippen molar-refractivity contribution in [1.82, 2.24) is 24.5 Å². The summed E-state index contributed by atoms with van der Waals surface area (Å²) in [5.41, 5.74) is 14.8. The maximum atomic E-state index is 6.39. The highest BCUT2D eigenvalue weighted by molar-refractivity contribution is 5.71. The Morgan fingerprint density at radius 3 is 2.85 bits per heavy atom. The van der Waals surface area contributed by atoms with Crippen molar-refractivity contribution in [1.29, 1.82) is 0 Å². The van der Waals surface area contributed by atoms with Crippen molar-refractivity contribution in [2.75, 3.05) is 5.73 Å². The van der Waals surface area contributed by atoms with Crippen LogP contribution in [0.25, 0.3) is 22.5 Å². The quantitative estimate of drug-likeness (QED) is 0.449. The molecular formula is C26H26N6O. The van der Waals surface area contributed by atoms with Gasteiger partial charge in [0.05, 0.1) is 17.9 Å². The Bertz CT molecular complexity index is 1420. The van der Waals surface area contributed by atoms with Crippen LogP contribution in [0.1, 0.15) is 47.9 Å². The smallest absolute Gasteiger partial charge is 0.166 e. The fourth-order valence-corrected chi connectivity index (χ4v) is 4.60. The van der Waals surface area contributed by atoms with Crippen molar-refractivity contribution in [2.45, 2.75) is 39.8 Å². The molecule has 0 amide bonds. The van der Waals surface area contributed by atoms with Crippen molar-refractivity contribution >= 4 is 5.82 Å². The fraction of sp³-hybridized carbons (Fsp3) is 0.269. The van der Waals surface area contributed by atoms with Crippen LogP contribution < -0.4 is 10.5 Å². The molecule has 7 nitrogen and oxygen atoms in total. The summed E-state index contributed by atoms with van der Waals surface area (Å²) < 4.78 is 10.2. The first-order chi connectivity index (χ1) is 15.9. The molecule has 5 rings (SSSR count). The van der Waals surface area contributed by atoms with Gasteiger partial charge in [-0.25, -0.2) is 4.98 Å². The number of nitrogens with zero attached hydrogens (tertiary/aromatic N) is 5. The molecular weight excluding hydrogens is 412 g/mol. The average Bonchev–Trinajstić information content (AvgIpc) is 3.34. The third-order valence-electron chi connectivity index (χ3n) is 6.12. The Labute approximate surface area is 193 Å². The number of benzene rings is 1. The highest BCUT2D eigenvalue weighted by Crippen LogP contribution is 2.38. The van der Waals surface area contributed by atoms with Gasteiger partial charge in [0.2, 0.25) is 0 Å². The summed E-state index contributed by atoms with van der Waals surface area (Å²) >= 11 is 0. The lowest BCUT2D eigenvalue weighted by Gasteiger charge is -2.21. The number of anilines is 1. The Balaban J connectivity index is 1.84. The lowest BCUT2D eigenvalue weighted by molar-refractivity contribution is 0.228. The third-order valence-corrected chi connectivity index (χ3v) is 6.12. The number of aryl methyl sites for hydroxylation is 2. The second-order valence-electron chi connectivity index (χ2n) is 8.47. The maximum Gasteiger partial charge on any atom is 0.166 e. The monoisotopic (exact) mass is 438 g/mol. The van der Waals surface area contributed by atoms with Gasteiger partial charge in [0, 0.05) is 47.3 Å². The minimum Gasteiger partial charge on any atom is -0.482 e. The number of hydrogen-bond donors (Lipinski definition) is 1. The molecule has 1 aliphatic rings. The number of ether oxygens (including phenoxy) is 1. The van der Waals surface area contributed by atoms with E-state index in [1.807, 2.05) is 35.6 Å². The minimum atomic E-state index is -0.259. The Morgan fingerprint density at radius 2 is 2.09 bits per heavy atom. The van der Waals surface area contributed by atoms with Crippen molar-refractivity contribution in [3.05, 3.63) is 64.6 Å². The number of pyridine rings is 1. The zero-order valence-corrected chi connectivity index (χ0v) is 19.3. The summed E-state index contributed by atoms with van der Waals surface area (Å²) in [6, 6.07) is 8.28. The SMILES string of the molecule is C#Cc1nn2c(c1CC)-c1cnc(N)c(c1)OC(C)c1cc(C)ccc1-c1nn(C)cc1C2. The summed E-state index contributed by atoms with van der Waals surface area (Å²) in [7, 11) is 1.93. The highest BCUT2D eigenvalue weighted by Gasteiger charge is 2.25. The van der Waals surface area contributed by atoms with E-state index in [1.165, 1.54) is 0 Å². The van der Waals surface area contributed by atoms with E-state index in [2.05, 4.69) is 43.0 Å². The molecule has 4 heterocycles. The number of hydrogen-bond acceptors (Lipinski definition) is 5. The lowest BCUT2D eigenvalue weighted by Crippen LogP contribution is -2.11. The Hall–Kier alpha value is -4.05. The molecule has 0 fully saturated rings. The zero-order valence-electron chi connectivity index (χ0n) is 19.3. The number of rotatable bonds is 1. The van der Waals surface area contributed by atoms with E-state index >= 15 is 0 Å². The topological polar surface area (TPSA) is 83.8 Å². The molecule has 0 saturated heterocycles. The number of fused-ring (bicyclic) bond motifs is 7. The minimum absolute atomic E-state index is 0.259. The van der Waals surface area contributed by atoms with Crippen LogP contribution in [0.5, 0.6) is 5.75 Å². The van der Waals surface area contributed by atoms with Gasteiger partial charge in [0.25, 0.3) is 0 Å². The van der Waals surface area contributed by atoms with Crippen LogP contribution in [-0.2, 0) is 20.0 Å². The number of nitrogens with two attached hydrogens (primary N) is 1. The summed E-state index contributed by atoms with van der Waals surface area (Å²) in [6.45, 7) is 6.70. The van der Waals surface area contributed by atoms with Gasteiger partial charge >= 0.3 is 0 Å². The van der Waals surface area contributed by atoms with Crippen LogP contribution >= 0.6 is 0 Å². The average molecular weight is 439 g/mol. The third kappa shape index (κ3) is 3.44. The van der Waals surface area contributed by atoms with E-state index in [9.17, 15) is 0 Å². The maximum absolute atomic E-state index is 6.39. The van der Waals surface area contributed by atoms with Crippen molar-refractivity contribution in [2.24, 2.45) is 7.05 Å². The van der Waals surface area contributed by atoms with E-state index in [-0.39, 0.29) is 6.10 Å². The normalized spacial score (nSPS) is 14.7. The molecule has 7 heteroatoms. The Morgan fingerprint density at radius 1 is 1.27 bits per heavy atom. The summed E-state index contributed by atoms with van der Waals surface area (Å²) in [4.78, 5) is 4.44. The van der Waals surface area contributed by atoms with E-state index in [1.54, 1.807) is 6.20 Å². The van der Waals surface area contributed by atoms with Crippen LogP contribution in [0.3, 0.4) is 0 Å². The van der Waals surface area contributed by atoms with Crippen molar-refractivity contribution < 1.29 is 4.74 Å². The molecule has 1 aromatic carbocycles. The van der Waals surface area contributed by atoms with E-state index < -0.39 is 0 Å². The molecule has 166 valence electrons. The molecule has 1 unspecified atom stereocenters. The molecule has 1 aliphatic heterocycles. The molecule has 0 saturated carbocycles. The van der Waals surface area contributed by atoms with Gasteiger partial charge < -0.3 is 10.5 Å². The zero-order chi connectivity index (χ0) is 23.3. The van der Waals surface area contributed by atoms with Crippen LogP contribution in [0.15, 0.2) is 36.7 Å². The molecule has 33 heavy (non-hydrogen) atoms. The van der Waals surface area contributed by atoms with Crippen LogP contribution in [0, 0.1) is 19.3 Å². The first-order valence-electron chi connectivity index (χ1n) is 11.0. The van der Waals surface area contributed by atoms with Crippen LogP contribution in [0.2, 0.25) is 0 Å². The number of terminal acetylenes is 1. The summed E-state index contributed by atoms with van der Waals surface area (Å²) in [5.74, 6) is 3.63. The molecule has 2 N–H and O–H groups in total. The fourth-order valence-electron chi connectivity index (χ4n) is 4.60. The van der Waals surface area contributed by atoms with Crippen molar-refractivity contribution in [3.63, 3.8) is 0 Å². The standard InChI is InChI=1S/C26H26N6O/c1-6-19-22(7-2)29-32-14-18-13-31(5)30-24(18)20-9-8-15(3)10-21(20)16(4)33-23-11-17(25(19)32)12-28-26(23)27/h2,8-13,16H,6,14H2,1,3-5H3,(H2,27,28). The van der Waals surface area contributed by atoms with Gasteiger partial charge in [-0.05, 0) is 32.3 Å². The molecule has 2 bridgehead atoms. The second kappa shape index (κ2) is 7.82. The molecule has 4 aromatic rings. The van der Waals surface area contributed by atoms with Crippen molar-refractivity contribution in [3.8, 4) is 40.6 Å². The van der Waals surface area contributed by atoms with Crippen LogP contribution in [-0.4, -0.2) is 24.5 Å². The van der Waals surface area contributed by atoms with Crippen LogP contribution in [0.4, 0.5) is 5.82 Å². The first kappa shape index (κ1) is 20.8. The van der Waals surface area contributed by atoms with Gasteiger partial charge in [-0.3, -0.25) is 9.36 Å².